The highest BCUT2D eigenvalue weighted by molar-refractivity contribution is 6.30. The molecule has 2 rings (SSSR count). The molecule has 0 saturated carbocycles. The second-order valence-corrected chi connectivity index (χ2v) is 6.19. The lowest BCUT2D eigenvalue weighted by Gasteiger charge is -2.12. The molecule has 0 unspecified atom stereocenters. The third-order valence-electron chi connectivity index (χ3n) is 3.61. The predicted octanol–water partition coefficient (Wildman–Crippen LogP) is 4.69. The number of carbonyl (C=O) groups excluding carboxylic acids is 1. The Balaban J connectivity index is 2.11. The molecule has 2 aromatic rings. The molecule has 7 heteroatoms. The number of hydrogen-bond donors (Lipinski definition) is 1. The van der Waals surface area contributed by atoms with Crippen molar-refractivity contribution in [2.45, 2.75) is 27.2 Å². The first-order chi connectivity index (χ1) is 13.6. The van der Waals surface area contributed by atoms with Gasteiger partial charge in [0.15, 0.2) is 11.5 Å². The Bertz CT molecular complexity index is 824. The molecule has 0 aliphatic carbocycles. The van der Waals surface area contributed by atoms with Crippen LogP contribution >= 0.6 is 11.6 Å². The van der Waals surface area contributed by atoms with Crippen molar-refractivity contribution in [3.05, 3.63) is 52.5 Å². The van der Waals surface area contributed by atoms with Crippen molar-refractivity contribution < 1.29 is 19.0 Å². The van der Waals surface area contributed by atoms with Crippen LogP contribution in [-0.2, 0) is 0 Å². The van der Waals surface area contributed by atoms with E-state index in [0.29, 0.717) is 53.2 Å². The maximum absolute atomic E-state index is 12.4. The minimum Gasteiger partial charge on any atom is -0.493 e. The molecule has 0 aliphatic rings. The quantitative estimate of drug-likeness (QED) is 0.460. The van der Waals surface area contributed by atoms with Gasteiger partial charge in [-0.25, -0.2) is 5.43 Å². The summed E-state index contributed by atoms with van der Waals surface area (Å²) in [5.41, 5.74) is 3.59. The fraction of sp³-hybridized carbons (Fsp3) is 0.333. The van der Waals surface area contributed by atoms with Crippen molar-refractivity contribution in [3.8, 4) is 17.2 Å². The third-order valence-corrected chi connectivity index (χ3v) is 3.84. The average Bonchev–Trinajstić information content (AvgIpc) is 2.69. The zero-order chi connectivity index (χ0) is 20.4. The standard InChI is InChI=1S/C21H25ClN2O4/c1-4-11-28-19-9-7-15(13-20(19)27-6-3)21(25)24-23-14-16-12-17(22)8-10-18(16)26-5-2/h7-10,12-14H,4-6,11H2,1-3H3,(H,24,25)/b23-14+. The van der Waals surface area contributed by atoms with Gasteiger partial charge in [-0.15, -0.1) is 0 Å². The van der Waals surface area contributed by atoms with Gasteiger partial charge in [-0.2, -0.15) is 5.10 Å². The zero-order valence-electron chi connectivity index (χ0n) is 16.3. The van der Waals surface area contributed by atoms with E-state index in [1.54, 1.807) is 36.4 Å². The van der Waals surface area contributed by atoms with Crippen LogP contribution in [0.3, 0.4) is 0 Å². The van der Waals surface area contributed by atoms with Crippen molar-refractivity contribution in [1.29, 1.82) is 0 Å². The summed E-state index contributed by atoms with van der Waals surface area (Å²) in [5.74, 6) is 1.42. The summed E-state index contributed by atoms with van der Waals surface area (Å²) in [6.07, 6.45) is 2.38. The molecule has 0 bridgehead atoms. The molecule has 0 atom stereocenters. The van der Waals surface area contributed by atoms with Crippen molar-refractivity contribution in [3.63, 3.8) is 0 Å². The van der Waals surface area contributed by atoms with Crippen molar-refractivity contribution in [2.24, 2.45) is 5.10 Å². The van der Waals surface area contributed by atoms with Crippen molar-refractivity contribution >= 4 is 23.7 Å². The third kappa shape index (κ3) is 6.16. The van der Waals surface area contributed by atoms with Gasteiger partial charge in [0.25, 0.3) is 5.91 Å². The van der Waals surface area contributed by atoms with Gasteiger partial charge in [0, 0.05) is 16.1 Å². The summed E-state index contributed by atoms with van der Waals surface area (Å²) in [6, 6.07) is 10.3. The molecule has 0 saturated heterocycles. The van der Waals surface area contributed by atoms with Crippen LogP contribution in [0, 0.1) is 0 Å². The fourth-order valence-electron chi connectivity index (χ4n) is 2.38. The van der Waals surface area contributed by atoms with E-state index < -0.39 is 0 Å². The number of amides is 1. The van der Waals surface area contributed by atoms with Gasteiger partial charge in [-0.3, -0.25) is 4.79 Å². The smallest absolute Gasteiger partial charge is 0.271 e. The van der Waals surface area contributed by atoms with E-state index in [9.17, 15) is 4.79 Å². The highest BCUT2D eigenvalue weighted by Crippen LogP contribution is 2.28. The molecular weight excluding hydrogens is 380 g/mol. The van der Waals surface area contributed by atoms with Crippen LogP contribution in [0.15, 0.2) is 41.5 Å². The first kappa shape index (κ1) is 21.6. The second kappa shape index (κ2) is 11.2. The first-order valence-corrected chi connectivity index (χ1v) is 9.62. The molecule has 0 aliphatic heterocycles. The molecule has 28 heavy (non-hydrogen) atoms. The van der Waals surface area contributed by atoms with Gasteiger partial charge in [0.2, 0.25) is 0 Å². The van der Waals surface area contributed by atoms with E-state index in [2.05, 4.69) is 10.5 Å². The summed E-state index contributed by atoms with van der Waals surface area (Å²) in [5, 5.41) is 4.57. The van der Waals surface area contributed by atoms with Crippen LogP contribution in [-0.4, -0.2) is 31.9 Å². The molecular formula is C21H25ClN2O4. The average molecular weight is 405 g/mol. The van der Waals surface area contributed by atoms with Crippen LogP contribution in [0.1, 0.15) is 43.1 Å². The number of halogens is 1. The van der Waals surface area contributed by atoms with Gasteiger partial charge < -0.3 is 14.2 Å². The summed E-state index contributed by atoms with van der Waals surface area (Å²) in [7, 11) is 0. The lowest BCUT2D eigenvalue weighted by Crippen LogP contribution is -2.18. The van der Waals surface area contributed by atoms with E-state index >= 15 is 0 Å². The predicted molar refractivity (Wildman–Crippen MR) is 111 cm³/mol. The summed E-state index contributed by atoms with van der Waals surface area (Å²) >= 11 is 6.02. The van der Waals surface area contributed by atoms with E-state index in [1.165, 1.54) is 6.21 Å². The highest BCUT2D eigenvalue weighted by Gasteiger charge is 2.11. The van der Waals surface area contributed by atoms with Crippen LogP contribution < -0.4 is 19.6 Å². The Morgan fingerprint density at radius 3 is 2.43 bits per heavy atom. The Kier molecular flexibility index (Phi) is 8.62. The van der Waals surface area contributed by atoms with Gasteiger partial charge >= 0.3 is 0 Å². The number of nitrogens with one attached hydrogen (secondary N) is 1. The Labute approximate surface area is 170 Å². The molecule has 1 amide bonds. The molecule has 0 heterocycles. The number of nitrogens with zero attached hydrogens (tertiary/aromatic N) is 1. The molecule has 0 aromatic heterocycles. The number of carbonyl (C=O) groups is 1. The van der Waals surface area contributed by atoms with E-state index in [4.69, 9.17) is 25.8 Å². The van der Waals surface area contributed by atoms with Gasteiger partial charge in [-0.1, -0.05) is 18.5 Å². The summed E-state index contributed by atoms with van der Waals surface area (Å²) < 4.78 is 16.8. The maximum atomic E-state index is 12.4. The highest BCUT2D eigenvalue weighted by atomic mass is 35.5. The lowest BCUT2D eigenvalue weighted by atomic mass is 10.2. The summed E-state index contributed by atoms with van der Waals surface area (Å²) in [4.78, 5) is 12.4. The van der Waals surface area contributed by atoms with Crippen LogP contribution in [0.2, 0.25) is 5.02 Å². The van der Waals surface area contributed by atoms with E-state index in [-0.39, 0.29) is 5.91 Å². The SMILES string of the molecule is CCCOc1ccc(C(=O)N/N=C/c2cc(Cl)ccc2OCC)cc1OCC. The van der Waals surface area contributed by atoms with Gasteiger partial charge in [0.1, 0.15) is 5.75 Å². The molecule has 0 radical (unpaired) electrons. The van der Waals surface area contributed by atoms with Crippen molar-refractivity contribution in [1.82, 2.24) is 5.43 Å². The first-order valence-electron chi connectivity index (χ1n) is 9.24. The largest absolute Gasteiger partial charge is 0.493 e. The van der Waals surface area contributed by atoms with Crippen LogP contribution in [0.5, 0.6) is 17.2 Å². The Hall–Kier alpha value is -2.73. The fourth-order valence-corrected chi connectivity index (χ4v) is 2.56. The molecule has 2 aromatic carbocycles. The molecule has 150 valence electrons. The minimum absolute atomic E-state index is 0.362. The van der Waals surface area contributed by atoms with Gasteiger partial charge in [-0.05, 0) is 56.7 Å². The molecule has 0 fully saturated rings. The van der Waals surface area contributed by atoms with E-state index in [1.807, 2.05) is 20.8 Å². The number of hydrogen-bond acceptors (Lipinski definition) is 5. The maximum Gasteiger partial charge on any atom is 0.271 e. The molecule has 1 N–H and O–H groups in total. The minimum atomic E-state index is -0.362. The second-order valence-electron chi connectivity index (χ2n) is 5.76. The van der Waals surface area contributed by atoms with Crippen LogP contribution in [0.4, 0.5) is 0 Å². The van der Waals surface area contributed by atoms with E-state index in [0.717, 1.165) is 6.42 Å². The summed E-state index contributed by atoms with van der Waals surface area (Å²) in [6.45, 7) is 7.36. The number of ether oxygens (including phenoxy) is 3. The monoisotopic (exact) mass is 404 g/mol. The van der Waals surface area contributed by atoms with Gasteiger partial charge in [0.05, 0.1) is 26.0 Å². The number of rotatable bonds is 10. The lowest BCUT2D eigenvalue weighted by molar-refractivity contribution is 0.0954. The Morgan fingerprint density at radius 2 is 1.71 bits per heavy atom. The number of hydrazone groups is 1. The zero-order valence-corrected chi connectivity index (χ0v) is 17.1. The number of benzene rings is 2. The molecule has 0 spiro atoms. The van der Waals surface area contributed by atoms with Crippen molar-refractivity contribution in [2.75, 3.05) is 19.8 Å². The normalized spacial score (nSPS) is 10.7. The Morgan fingerprint density at radius 1 is 1.00 bits per heavy atom. The topological polar surface area (TPSA) is 69.2 Å². The molecule has 6 nitrogen and oxygen atoms in total. The van der Waals surface area contributed by atoms with Crippen LogP contribution in [0.25, 0.3) is 0 Å².